The summed E-state index contributed by atoms with van der Waals surface area (Å²) >= 11 is 0. The Morgan fingerprint density at radius 1 is 1.21 bits per heavy atom. The van der Waals surface area contributed by atoms with Gasteiger partial charge >= 0.3 is 6.18 Å². The maximum Gasteiger partial charge on any atom is 0.453 e. The molecule has 0 bridgehead atoms. The SMILES string of the molecule is COc1ccc([C@H]2C3=C(C[C@H](C)CC3=O)Nc3nc(C(F)(F)F)nn32)c(OC)c1. The summed E-state index contributed by atoms with van der Waals surface area (Å²) in [5.41, 5.74) is 1.47. The van der Waals surface area contributed by atoms with Crippen LogP contribution in [0.4, 0.5) is 19.1 Å². The molecule has 0 unspecified atom stereocenters. The van der Waals surface area contributed by atoms with Crippen molar-refractivity contribution in [2.24, 2.45) is 5.92 Å². The van der Waals surface area contributed by atoms with Crippen LogP contribution in [0.1, 0.15) is 37.2 Å². The van der Waals surface area contributed by atoms with E-state index >= 15 is 0 Å². The van der Waals surface area contributed by atoms with Crippen molar-refractivity contribution in [1.82, 2.24) is 14.8 Å². The summed E-state index contributed by atoms with van der Waals surface area (Å²) in [6, 6.07) is 4.07. The van der Waals surface area contributed by atoms with E-state index in [0.717, 1.165) is 4.68 Å². The molecule has 4 rings (SSSR count). The van der Waals surface area contributed by atoms with Crippen LogP contribution in [0.3, 0.4) is 0 Å². The van der Waals surface area contributed by atoms with Crippen molar-refractivity contribution < 1.29 is 27.4 Å². The molecule has 2 aliphatic rings. The van der Waals surface area contributed by atoms with E-state index < -0.39 is 18.0 Å². The number of hydrogen-bond acceptors (Lipinski definition) is 6. The number of aromatic nitrogens is 3. The van der Waals surface area contributed by atoms with E-state index in [1.807, 2.05) is 6.92 Å². The first kappa shape index (κ1) is 19.3. The fourth-order valence-electron chi connectivity index (χ4n) is 3.86. The number of nitrogens with one attached hydrogen (secondary N) is 1. The summed E-state index contributed by atoms with van der Waals surface area (Å²) in [6.45, 7) is 1.92. The number of rotatable bonds is 3. The van der Waals surface area contributed by atoms with Crippen molar-refractivity contribution in [3.05, 3.63) is 40.9 Å². The number of Topliss-reactive ketones (excluding diaryl/α,β-unsaturated/α-hetero) is 1. The molecule has 1 N–H and O–H groups in total. The molecular formula is C19H19F3N4O3. The second-order valence-corrected chi connectivity index (χ2v) is 7.17. The smallest absolute Gasteiger partial charge is 0.453 e. The lowest BCUT2D eigenvalue weighted by Gasteiger charge is -2.34. The molecule has 0 saturated carbocycles. The molecule has 0 amide bonds. The van der Waals surface area contributed by atoms with Crippen molar-refractivity contribution >= 4 is 11.7 Å². The molecule has 2 aromatic rings. The molecule has 1 aromatic heterocycles. The Balaban J connectivity index is 1.94. The van der Waals surface area contributed by atoms with Crippen LogP contribution in [-0.4, -0.2) is 34.8 Å². The van der Waals surface area contributed by atoms with E-state index in [9.17, 15) is 18.0 Å². The molecule has 2 heterocycles. The highest BCUT2D eigenvalue weighted by molar-refractivity contribution is 5.99. The summed E-state index contributed by atoms with van der Waals surface area (Å²) in [4.78, 5) is 16.5. The topological polar surface area (TPSA) is 78.3 Å². The number of carbonyl (C=O) groups is 1. The van der Waals surface area contributed by atoms with Gasteiger partial charge in [-0.25, -0.2) is 4.68 Å². The molecule has 0 saturated heterocycles. The molecular weight excluding hydrogens is 389 g/mol. The Morgan fingerprint density at radius 3 is 2.62 bits per heavy atom. The number of halogens is 3. The number of ether oxygens (including phenoxy) is 2. The molecule has 0 spiro atoms. The van der Waals surface area contributed by atoms with Crippen molar-refractivity contribution in [3.63, 3.8) is 0 Å². The monoisotopic (exact) mass is 408 g/mol. The normalized spacial score (nSPS) is 21.4. The maximum atomic E-state index is 13.3. The molecule has 2 atom stereocenters. The molecule has 10 heteroatoms. The first-order valence-corrected chi connectivity index (χ1v) is 9.01. The highest BCUT2D eigenvalue weighted by Gasteiger charge is 2.43. The van der Waals surface area contributed by atoms with Crippen molar-refractivity contribution in [1.29, 1.82) is 0 Å². The van der Waals surface area contributed by atoms with Crippen LogP contribution < -0.4 is 14.8 Å². The first-order chi connectivity index (χ1) is 13.7. The summed E-state index contributed by atoms with van der Waals surface area (Å²) in [6.07, 6.45) is -3.87. The minimum atomic E-state index is -4.71. The largest absolute Gasteiger partial charge is 0.497 e. The maximum absolute atomic E-state index is 13.3. The fourth-order valence-corrected chi connectivity index (χ4v) is 3.86. The van der Waals surface area contributed by atoms with Crippen LogP contribution >= 0.6 is 0 Å². The predicted octanol–water partition coefficient (Wildman–Crippen LogP) is 3.58. The zero-order valence-corrected chi connectivity index (χ0v) is 16.0. The van der Waals surface area contributed by atoms with E-state index in [2.05, 4.69) is 15.4 Å². The number of ketones is 1. The van der Waals surface area contributed by atoms with Gasteiger partial charge in [-0.2, -0.15) is 18.2 Å². The van der Waals surface area contributed by atoms with Gasteiger partial charge in [0.1, 0.15) is 17.5 Å². The number of carbonyl (C=O) groups excluding carboxylic acids is 1. The summed E-state index contributed by atoms with van der Waals surface area (Å²) in [5, 5.41) is 6.58. The van der Waals surface area contributed by atoms with Gasteiger partial charge in [-0.05, 0) is 24.5 Å². The van der Waals surface area contributed by atoms with Gasteiger partial charge in [0, 0.05) is 29.3 Å². The first-order valence-electron chi connectivity index (χ1n) is 9.01. The minimum absolute atomic E-state index is 0.0548. The number of fused-ring (bicyclic) bond motifs is 1. The minimum Gasteiger partial charge on any atom is -0.497 e. The number of methoxy groups -OCH3 is 2. The van der Waals surface area contributed by atoms with Gasteiger partial charge < -0.3 is 14.8 Å². The predicted molar refractivity (Wildman–Crippen MR) is 96.8 cm³/mol. The second kappa shape index (κ2) is 6.78. The summed E-state index contributed by atoms with van der Waals surface area (Å²) in [7, 11) is 2.94. The molecule has 7 nitrogen and oxygen atoms in total. The van der Waals surface area contributed by atoms with Crippen molar-refractivity contribution in [2.75, 3.05) is 19.5 Å². The third-order valence-electron chi connectivity index (χ3n) is 5.11. The lowest BCUT2D eigenvalue weighted by Crippen LogP contribution is -2.33. The molecule has 154 valence electrons. The van der Waals surface area contributed by atoms with Crippen LogP contribution in [0, 0.1) is 5.92 Å². The van der Waals surface area contributed by atoms with Crippen LogP contribution in [0.25, 0.3) is 0 Å². The van der Waals surface area contributed by atoms with Gasteiger partial charge in [0.25, 0.3) is 5.82 Å². The van der Waals surface area contributed by atoms with Crippen LogP contribution in [0.2, 0.25) is 0 Å². The standard InChI is InChI=1S/C19H19F3N4O3/c1-9-6-12-15(13(27)7-9)16(11-5-4-10(28-2)8-14(11)29-3)26-18(23-12)24-17(25-26)19(20,21)22/h4-5,8-9,16H,6-7H2,1-3H3,(H,23,24,25)/t9-,16-/m0/s1. The molecule has 0 fully saturated rings. The number of alkyl halides is 3. The number of allylic oxidation sites excluding steroid dienone is 2. The Bertz CT molecular complexity index is 1010. The third-order valence-corrected chi connectivity index (χ3v) is 5.11. The van der Waals surface area contributed by atoms with Gasteiger partial charge in [0.15, 0.2) is 5.78 Å². The number of nitrogens with zero attached hydrogens (tertiary/aromatic N) is 3. The van der Waals surface area contributed by atoms with Gasteiger partial charge in [0.2, 0.25) is 5.95 Å². The van der Waals surface area contributed by atoms with Gasteiger partial charge in [-0.15, -0.1) is 5.10 Å². The highest BCUT2D eigenvalue weighted by atomic mass is 19.4. The van der Waals surface area contributed by atoms with Crippen molar-refractivity contribution in [3.8, 4) is 11.5 Å². The number of benzene rings is 1. The van der Waals surface area contributed by atoms with Crippen LogP contribution in [-0.2, 0) is 11.0 Å². The Morgan fingerprint density at radius 2 is 1.97 bits per heavy atom. The Kier molecular flexibility index (Phi) is 4.51. The lowest BCUT2D eigenvalue weighted by molar-refractivity contribution is -0.145. The van der Waals surface area contributed by atoms with E-state index in [4.69, 9.17) is 9.47 Å². The second-order valence-electron chi connectivity index (χ2n) is 7.17. The quantitative estimate of drug-likeness (QED) is 0.837. The fraction of sp³-hybridized carbons (Fsp3) is 0.421. The van der Waals surface area contributed by atoms with E-state index in [-0.39, 0.29) is 17.6 Å². The summed E-state index contributed by atoms with van der Waals surface area (Å²) < 4.78 is 51.6. The molecule has 0 radical (unpaired) electrons. The van der Waals surface area contributed by atoms with E-state index in [1.54, 1.807) is 18.2 Å². The molecule has 1 aromatic carbocycles. The zero-order valence-electron chi connectivity index (χ0n) is 16.0. The van der Waals surface area contributed by atoms with Gasteiger partial charge in [0.05, 0.1) is 14.2 Å². The molecule has 1 aliphatic carbocycles. The average molecular weight is 408 g/mol. The number of anilines is 1. The lowest BCUT2D eigenvalue weighted by atomic mass is 9.81. The van der Waals surface area contributed by atoms with E-state index in [0.29, 0.717) is 41.2 Å². The molecule has 1 aliphatic heterocycles. The van der Waals surface area contributed by atoms with Crippen LogP contribution in [0.5, 0.6) is 11.5 Å². The van der Waals surface area contributed by atoms with Crippen LogP contribution in [0.15, 0.2) is 29.5 Å². The average Bonchev–Trinajstić information content (AvgIpc) is 3.09. The Hall–Kier alpha value is -3.04. The Labute approximate surface area is 164 Å². The van der Waals surface area contributed by atoms with Gasteiger partial charge in [-0.1, -0.05) is 6.92 Å². The molecule has 29 heavy (non-hydrogen) atoms. The summed E-state index contributed by atoms with van der Waals surface area (Å²) in [5.74, 6) is -0.483. The van der Waals surface area contributed by atoms with Crippen molar-refractivity contribution in [2.45, 2.75) is 32.0 Å². The third kappa shape index (κ3) is 3.22. The highest BCUT2D eigenvalue weighted by Crippen LogP contribution is 2.45. The van der Waals surface area contributed by atoms with E-state index in [1.165, 1.54) is 14.2 Å². The number of hydrogen-bond donors (Lipinski definition) is 1. The van der Waals surface area contributed by atoms with Gasteiger partial charge in [-0.3, -0.25) is 4.79 Å². The zero-order chi connectivity index (χ0) is 20.9.